The van der Waals surface area contributed by atoms with Crippen LogP contribution >= 0.6 is 0 Å². The highest BCUT2D eigenvalue weighted by Crippen LogP contribution is 2.03. The van der Waals surface area contributed by atoms with Gasteiger partial charge in [0.05, 0.1) is 19.1 Å². The zero-order chi connectivity index (χ0) is 25.7. The molecule has 33 heavy (non-hydrogen) atoms. The first-order valence-corrected chi connectivity index (χ1v) is 9.57. The molecule has 0 radical (unpaired) electrons. The molecular weight excluding hydrogens is 448 g/mol. The van der Waals surface area contributed by atoms with Gasteiger partial charge in [0.15, 0.2) is 0 Å². The summed E-state index contributed by atoms with van der Waals surface area (Å²) < 4.78 is 0. The van der Waals surface area contributed by atoms with Gasteiger partial charge in [-0.3, -0.25) is 28.8 Å². The number of aliphatic hydroxyl groups is 1. The molecule has 0 saturated heterocycles. The van der Waals surface area contributed by atoms with Gasteiger partial charge in [0.1, 0.15) is 18.1 Å². The minimum Gasteiger partial charge on any atom is -0.481 e. The van der Waals surface area contributed by atoms with Crippen molar-refractivity contribution in [1.82, 2.24) is 16.0 Å². The largest absolute Gasteiger partial charge is 0.481 e. The van der Waals surface area contributed by atoms with E-state index in [0.29, 0.717) is 0 Å². The Balaban J connectivity index is 5.47. The molecule has 0 aliphatic carbocycles. The van der Waals surface area contributed by atoms with Crippen LogP contribution in [0.2, 0.25) is 0 Å². The van der Waals surface area contributed by atoms with Crippen LogP contribution in [-0.4, -0.2) is 87.6 Å². The van der Waals surface area contributed by atoms with Gasteiger partial charge in [-0.2, -0.15) is 0 Å². The number of carbonyl (C=O) groups is 7. The Morgan fingerprint density at radius 3 is 1.67 bits per heavy atom. The molecule has 186 valence electrons. The molecule has 0 aliphatic heterocycles. The summed E-state index contributed by atoms with van der Waals surface area (Å²) in [5, 5.41) is 32.9. The van der Waals surface area contributed by atoms with Crippen molar-refractivity contribution in [3.05, 3.63) is 0 Å². The zero-order valence-corrected chi connectivity index (χ0v) is 17.5. The second-order valence-electron chi connectivity index (χ2n) is 6.92. The SMILES string of the molecule is NC(=O)CCC(NC(=O)C(CC(N)=O)NC(=O)C(N)CCC(=O)O)C(=O)NC(CO)C(=O)O. The van der Waals surface area contributed by atoms with Gasteiger partial charge >= 0.3 is 11.9 Å². The van der Waals surface area contributed by atoms with Crippen LogP contribution < -0.4 is 33.2 Å². The van der Waals surface area contributed by atoms with E-state index in [1.165, 1.54) is 0 Å². The lowest BCUT2D eigenvalue weighted by atomic mass is 10.1. The zero-order valence-electron chi connectivity index (χ0n) is 17.5. The number of aliphatic hydroxyl groups excluding tert-OH is 1. The first-order valence-electron chi connectivity index (χ1n) is 9.57. The summed E-state index contributed by atoms with van der Waals surface area (Å²) in [5.41, 5.74) is 15.7. The smallest absolute Gasteiger partial charge is 0.328 e. The number of nitrogens with one attached hydrogen (secondary N) is 3. The van der Waals surface area contributed by atoms with Crippen molar-refractivity contribution in [2.24, 2.45) is 17.2 Å². The summed E-state index contributed by atoms with van der Waals surface area (Å²) in [5.74, 6) is -7.80. The Morgan fingerprint density at radius 2 is 1.21 bits per heavy atom. The first-order chi connectivity index (χ1) is 15.3. The number of carboxylic acid groups (broad SMARTS) is 2. The second-order valence-corrected chi connectivity index (χ2v) is 6.92. The van der Waals surface area contributed by atoms with Crippen molar-refractivity contribution in [1.29, 1.82) is 0 Å². The maximum Gasteiger partial charge on any atom is 0.328 e. The Hall–Kier alpha value is -3.79. The molecular formula is C17H28N6O10. The van der Waals surface area contributed by atoms with E-state index in [4.69, 9.17) is 32.5 Å². The van der Waals surface area contributed by atoms with Gasteiger partial charge in [0.25, 0.3) is 0 Å². The number of aliphatic carboxylic acids is 2. The lowest BCUT2D eigenvalue weighted by molar-refractivity contribution is -0.143. The summed E-state index contributed by atoms with van der Waals surface area (Å²) >= 11 is 0. The minimum atomic E-state index is -1.71. The first kappa shape index (κ1) is 29.2. The fourth-order valence-electron chi connectivity index (χ4n) is 2.38. The summed E-state index contributed by atoms with van der Waals surface area (Å²) in [6, 6.07) is -6.20. The maximum atomic E-state index is 12.6. The highest BCUT2D eigenvalue weighted by atomic mass is 16.4. The van der Waals surface area contributed by atoms with E-state index in [2.05, 4.69) is 10.6 Å². The van der Waals surface area contributed by atoms with Crippen molar-refractivity contribution in [2.45, 2.75) is 56.3 Å². The van der Waals surface area contributed by atoms with E-state index in [9.17, 15) is 33.6 Å². The topological polar surface area (TPSA) is 294 Å². The van der Waals surface area contributed by atoms with Crippen LogP contribution in [-0.2, 0) is 33.6 Å². The number of primary amides is 2. The average Bonchev–Trinajstić information content (AvgIpc) is 2.71. The summed E-state index contributed by atoms with van der Waals surface area (Å²) in [6.07, 6.45) is -2.20. The van der Waals surface area contributed by atoms with E-state index in [1.54, 1.807) is 0 Å². The number of nitrogens with two attached hydrogens (primary N) is 3. The Bertz CT molecular complexity index is 773. The van der Waals surface area contributed by atoms with Gasteiger partial charge in [-0.25, -0.2) is 4.79 Å². The predicted octanol–water partition coefficient (Wildman–Crippen LogP) is -5.15. The third-order valence-electron chi connectivity index (χ3n) is 4.15. The number of hydrogen-bond acceptors (Lipinski definition) is 9. The van der Waals surface area contributed by atoms with Gasteiger partial charge in [0, 0.05) is 12.8 Å². The highest BCUT2D eigenvalue weighted by molar-refractivity contribution is 5.96. The van der Waals surface area contributed by atoms with Gasteiger partial charge in [-0.05, 0) is 12.8 Å². The molecule has 0 saturated carbocycles. The monoisotopic (exact) mass is 476 g/mol. The number of hydrogen-bond donors (Lipinski definition) is 9. The lowest BCUT2D eigenvalue weighted by Crippen LogP contribution is -2.58. The van der Waals surface area contributed by atoms with E-state index in [0.717, 1.165) is 0 Å². The van der Waals surface area contributed by atoms with E-state index in [1.807, 2.05) is 5.32 Å². The quantitative estimate of drug-likeness (QED) is 0.101. The van der Waals surface area contributed by atoms with Crippen LogP contribution in [0.4, 0.5) is 0 Å². The average molecular weight is 476 g/mol. The van der Waals surface area contributed by atoms with Crippen molar-refractivity contribution in [3.8, 4) is 0 Å². The summed E-state index contributed by atoms with van der Waals surface area (Å²) in [4.78, 5) is 81.2. The van der Waals surface area contributed by atoms with Gasteiger partial charge < -0.3 is 48.5 Å². The third-order valence-corrected chi connectivity index (χ3v) is 4.15. The van der Waals surface area contributed by atoms with Gasteiger partial charge in [-0.15, -0.1) is 0 Å². The van der Waals surface area contributed by atoms with Crippen LogP contribution in [0.5, 0.6) is 0 Å². The minimum absolute atomic E-state index is 0.270. The normalized spacial score (nSPS) is 14.1. The molecule has 0 rings (SSSR count). The van der Waals surface area contributed by atoms with E-state index in [-0.39, 0.29) is 12.8 Å². The van der Waals surface area contributed by atoms with Crippen LogP contribution in [0.15, 0.2) is 0 Å². The molecule has 0 spiro atoms. The standard InChI is InChI=1S/C17H28N6O10/c18-7(1-4-13(27)28)14(29)22-9(5-12(20)26)16(31)21-8(2-3-11(19)25)15(30)23-10(6-24)17(32)33/h7-10,24H,1-6,18H2,(H2,19,25)(H2,20,26)(H,21,31)(H,22,29)(H,23,30)(H,27,28)(H,32,33). The van der Waals surface area contributed by atoms with Crippen LogP contribution in [0.1, 0.15) is 32.1 Å². The highest BCUT2D eigenvalue weighted by Gasteiger charge is 2.31. The maximum absolute atomic E-state index is 12.6. The molecule has 16 nitrogen and oxygen atoms in total. The molecule has 5 amide bonds. The van der Waals surface area contributed by atoms with Crippen LogP contribution in [0.3, 0.4) is 0 Å². The fourth-order valence-corrected chi connectivity index (χ4v) is 2.38. The predicted molar refractivity (Wildman–Crippen MR) is 108 cm³/mol. The number of amides is 5. The third kappa shape index (κ3) is 12.0. The molecule has 0 aromatic carbocycles. The molecule has 0 bridgehead atoms. The van der Waals surface area contributed by atoms with Crippen molar-refractivity contribution in [3.63, 3.8) is 0 Å². The molecule has 12 N–H and O–H groups in total. The molecule has 4 unspecified atom stereocenters. The molecule has 0 heterocycles. The number of carboxylic acids is 2. The Labute approximate surface area is 187 Å². The fraction of sp³-hybridized carbons (Fsp3) is 0.588. The van der Waals surface area contributed by atoms with Gasteiger partial charge in [-0.1, -0.05) is 0 Å². The Kier molecular flexibility index (Phi) is 12.7. The molecule has 0 aromatic heterocycles. The molecule has 0 aromatic rings. The van der Waals surface area contributed by atoms with E-state index < -0.39 is 91.5 Å². The van der Waals surface area contributed by atoms with Crippen molar-refractivity contribution >= 4 is 41.5 Å². The van der Waals surface area contributed by atoms with Crippen molar-refractivity contribution in [2.75, 3.05) is 6.61 Å². The molecule has 0 fully saturated rings. The van der Waals surface area contributed by atoms with Crippen LogP contribution in [0, 0.1) is 0 Å². The molecule has 16 heteroatoms. The second kappa shape index (κ2) is 14.3. The lowest BCUT2D eigenvalue weighted by Gasteiger charge is -2.24. The molecule has 4 atom stereocenters. The number of carbonyl (C=O) groups excluding carboxylic acids is 5. The number of rotatable bonds is 16. The van der Waals surface area contributed by atoms with Gasteiger partial charge in [0.2, 0.25) is 29.5 Å². The summed E-state index contributed by atoms with van der Waals surface area (Å²) in [6.45, 7) is -0.966. The summed E-state index contributed by atoms with van der Waals surface area (Å²) in [7, 11) is 0. The van der Waals surface area contributed by atoms with E-state index >= 15 is 0 Å². The van der Waals surface area contributed by atoms with Crippen LogP contribution in [0.25, 0.3) is 0 Å². The molecule has 0 aliphatic rings. The Morgan fingerprint density at radius 1 is 0.697 bits per heavy atom. The van der Waals surface area contributed by atoms with Crippen molar-refractivity contribution < 1.29 is 48.9 Å².